The van der Waals surface area contributed by atoms with Gasteiger partial charge in [-0.1, -0.05) is 18.2 Å². The number of hydrogen-bond donors (Lipinski definition) is 2. The summed E-state index contributed by atoms with van der Waals surface area (Å²) in [4.78, 5) is 9.57. The summed E-state index contributed by atoms with van der Waals surface area (Å²) in [7, 11) is 1.50. The highest BCUT2D eigenvalue weighted by Gasteiger charge is 2.17. The van der Waals surface area contributed by atoms with Gasteiger partial charge < -0.3 is 14.9 Å². The first-order chi connectivity index (χ1) is 14.1. The Morgan fingerprint density at radius 2 is 1.90 bits per heavy atom. The molecule has 7 nitrogen and oxygen atoms in total. The zero-order chi connectivity index (χ0) is 20.4. The fraction of sp³-hybridized carbons (Fsp3) is 0.143. The number of thiophene rings is 1. The zero-order valence-electron chi connectivity index (χ0n) is 15.8. The number of nitrogens with zero attached hydrogens (tertiary/aromatic N) is 4. The number of fused-ring (bicyclic) bond motifs is 1. The van der Waals surface area contributed by atoms with E-state index in [-0.39, 0.29) is 11.5 Å². The Kier molecular flexibility index (Phi) is 5.09. The molecule has 2 heterocycles. The van der Waals surface area contributed by atoms with Gasteiger partial charge in [0.05, 0.1) is 19.2 Å². The maximum atomic E-state index is 10.2. The Morgan fingerprint density at radius 1 is 1.07 bits per heavy atom. The molecule has 0 unspecified atom stereocenters. The third-order valence-electron chi connectivity index (χ3n) is 4.50. The van der Waals surface area contributed by atoms with Gasteiger partial charge in [0.1, 0.15) is 16.8 Å². The van der Waals surface area contributed by atoms with E-state index in [0.717, 1.165) is 31.8 Å². The molecule has 0 fully saturated rings. The van der Waals surface area contributed by atoms with Crippen LogP contribution in [0, 0.1) is 6.92 Å². The second-order valence-electron chi connectivity index (χ2n) is 6.35. The quantitative estimate of drug-likeness (QED) is 0.434. The number of phenolic OH excluding ortho intramolecular Hbond substituents is 2. The zero-order valence-corrected chi connectivity index (χ0v) is 16.6. The van der Waals surface area contributed by atoms with Crippen LogP contribution in [0.4, 0.5) is 5.82 Å². The van der Waals surface area contributed by atoms with Crippen molar-refractivity contribution in [1.82, 2.24) is 9.97 Å². The van der Waals surface area contributed by atoms with E-state index in [4.69, 9.17) is 4.74 Å². The second-order valence-corrected chi connectivity index (χ2v) is 7.37. The molecule has 0 aliphatic heterocycles. The Hall–Kier alpha value is -3.52. The molecular weight excluding hydrogens is 388 g/mol. The van der Waals surface area contributed by atoms with Crippen molar-refractivity contribution in [1.29, 1.82) is 0 Å². The lowest BCUT2D eigenvalue weighted by molar-refractivity contribution is 0.373. The lowest BCUT2D eigenvalue weighted by Crippen LogP contribution is -1.86. The molecule has 2 aromatic carbocycles. The molecule has 0 radical (unpaired) electrons. The third kappa shape index (κ3) is 3.62. The summed E-state index contributed by atoms with van der Waals surface area (Å²) in [6.45, 7) is 2.26. The van der Waals surface area contributed by atoms with Crippen LogP contribution in [0.5, 0.6) is 17.2 Å². The number of aromatic hydroxyl groups is 2. The average molecular weight is 406 g/mol. The van der Waals surface area contributed by atoms with Crippen LogP contribution in [0.15, 0.2) is 59.0 Å². The minimum Gasteiger partial charge on any atom is -0.507 e. The number of hydrogen-bond acceptors (Lipinski definition) is 8. The average Bonchev–Trinajstić information content (AvgIpc) is 3.06. The molecule has 0 saturated heterocycles. The number of rotatable bonds is 5. The molecule has 4 aromatic rings. The van der Waals surface area contributed by atoms with E-state index in [1.54, 1.807) is 24.3 Å². The molecule has 2 aromatic heterocycles. The fourth-order valence-electron chi connectivity index (χ4n) is 3.02. The monoisotopic (exact) mass is 406 g/mol. The van der Waals surface area contributed by atoms with Gasteiger partial charge >= 0.3 is 0 Å². The van der Waals surface area contributed by atoms with Crippen molar-refractivity contribution < 1.29 is 14.9 Å². The molecule has 0 saturated carbocycles. The van der Waals surface area contributed by atoms with Gasteiger partial charge in [-0.05, 0) is 42.3 Å². The van der Waals surface area contributed by atoms with Crippen LogP contribution in [-0.4, -0.2) is 27.3 Å². The highest BCUT2D eigenvalue weighted by atomic mass is 32.1. The normalized spacial score (nSPS) is 11.4. The molecule has 0 aliphatic rings. The lowest BCUT2D eigenvalue weighted by Gasteiger charge is -2.03. The molecule has 2 N–H and O–H groups in total. The van der Waals surface area contributed by atoms with E-state index in [1.165, 1.54) is 24.8 Å². The summed E-state index contributed by atoms with van der Waals surface area (Å²) < 4.78 is 5.85. The van der Waals surface area contributed by atoms with Crippen molar-refractivity contribution >= 4 is 27.4 Å². The summed E-state index contributed by atoms with van der Waals surface area (Å²) in [6, 6.07) is 12.3. The predicted molar refractivity (Wildman–Crippen MR) is 112 cm³/mol. The van der Waals surface area contributed by atoms with Crippen LogP contribution in [0.3, 0.4) is 0 Å². The van der Waals surface area contributed by atoms with Gasteiger partial charge in [0.15, 0.2) is 17.3 Å². The van der Waals surface area contributed by atoms with E-state index >= 15 is 0 Å². The SMILES string of the molecule is COc1ccc(CN=Nc2ncnc3c(C)c(-c4ccccc4O)sc23)cc1O. The maximum absolute atomic E-state index is 10.2. The lowest BCUT2D eigenvalue weighted by atomic mass is 10.1. The van der Waals surface area contributed by atoms with Crippen molar-refractivity contribution in [3.63, 3.8) is 0 Å². The molecule has 0 spiro atoms. The molecule has 8 heteroatoms. The Morgan fingerprint density at radius 3 is 2.66 bits per heavy atom. The van der Waals surface area contributed by atoms with Gasteiger partial charge in [0, 0.05) is 10.4 Å². The Balaban J connectivity index is 1.66. The van der Waals surface area contributed by atoms with E-state index < -0.39 is 0 Å². The van der Waals surface area contributed by atoms with Crippen molar-refractivity contribution in [3.8, 4) is 27.7 Å². The number of phenols is 2. The minimum atomic E-state index is 0.0609. The molecule has 0 bridgehead atoms. The van der Waals surface area contributed by atoms with Gasteiger partial charge in [0.25, 0.3) is 0 Å². The highest BCUT2D eigenvalue weighted by molar-refractivity contribution is 7.23. The van der Waals surface area contributed by atoms with E-state index in [1.807, 2.05) is 25.1 Å². The summed E-state index contributed by atoms with van der Waals surface area (Å²) in [6.07, 6.45) is 1.46. The third-order valence-corrected chi connectivity index (χ3v) is 5.81. The van der Waals surface area contributed by atoms with Crippen LogP contribution < -0.4 is 4.74 Å². The van der Waals surface area contributed by atoms with Crippen molar-refractivity contribution in [2.45, 2.75) is 13.5 Å². The first kappa shape index (κ1) is 18.8. The van der Waals surface area contributed by atoms with E-state index in [2.05, 4.69) is 20.2 Å². The summed E-state index contributed by atoms with van der Waals surface area (Å²) in [5, 5.41) is 28.6. The standard InChI is InChI=1S/C21H18N4O3S/c1-12-18-20(29-19(12)14-5-3-4-6-15(14)26)21(23-11-22-18)25-24-10-13-7-8-17(28-2)16(27)9-13/h3-9,11,26-27H,10H2,1-2H3. The number of aryl methyl sites for hydroxylation is 1. The fourth-order valence-corrected chi connectivity index (χ4v) is 4.25. The van der Waals surface area contributed by atoms with Gasteiger partial charge in [-0.3, -0.25) is 0 Å². The maximum Gasteiger partial charge on any atom is 0.195 e. The highest BCUT2D eigenvalue weighted by Crippen LogP contribution is 2.43. The van der Waals surface area contributed by atoms with Crippen LogP contribution in [0.25, 0.3) is 20.7 Å². The van der Waals surface area contributed by atoms with Crippen LogP contribution in [-0.2, 0) is 6.54 Å². The van der Waals surface area contributed by atoms with Crippen LogP contribution in [0.2, 0.25) is 0 Å². The Labute approximate surface area is 171 Å². The molecule has 4 rings (SSSR count). The largest absolute Gasteiger partial charge is 0.507 e. The van der Waals surface area contributed by atoms with Crippen molar-refractivity contribution in [3.05, 3.63) is 59.9 Å². The van der Waals surface area contributed by atoms with Gasteiger partial charge in [0.2, 0.25) is 0 Å². The second kappa shape index (κ2) is 7.84. The van der Waals surface area contributed by atoms with Crippen molar-refractivity contribution in [2.24, 2.45) is 10.2 Å². The number of benzene rings is 2. The number of azo groups is 1. The smallest absolute Gasteiger partial charge is 0.195 e. The van der Waals surface area contributed by atoms with Gasteiger partial charge in [-0.25, -0.2) is 9.97 Å². The first-order valence-corrected chi connectivity index (χ1v) is 9.66. The van der Waals surface area contributed by atoms with E-state index in [9.17, 15) is 10.2 Å². The van der Waals surface area contributed by atoms with Crippen molar-refractivity contribution in [2.75, 3.05) is 7.11 Å². The number of para-hydroxylation sites is 1. The molecule has 146 valence electrons. The molecule has 0 atom stereocenters. The van der Waals surface area contributed by atoms with Crippen LogP contribution >= 0.6 is 11.3 Å². The summed E-state index contributed by atoms with van der Waals surface area (Å²) >= 11 is 1.48. The summed E-state index contributed by atoms with van der Waals surface area (Å²) in [5.74, 6) is 1.17. The molecular formula is C21H18N4O3S. The van der Waals surface area contributed by atoms with Gasteiger partial charge in [-0.15, -0.1) is 16.5 Å². The number of ether oxygens (including phenoxy) is 1. The van der Waals surface area contributed by atoms with Gasteiger partial charge in [-0.2, -0.15) is 5.11 Å². The first-order valence-electron chi connectivity index (χ1n) is 8.84. The van der Waals surface area contributed by atoms with Crippen LogP contribution in [0.1, 0.15) is 11.1 Å². The molecule has 0 amide bonds. The number of methoxy groups -OCH3 is 1. The minimum absolute atomic E-state index is 0.0609. The summed E-state index contributed by atoms with van der Waals surface area (Å²) in [5.41, 5.74) is 3.31. The van der Waals surface area contributed by atoms with E-state index in [0.29, 0.717) is 18.1 Å². The predicted octanol–water partition coefficient (Wildman–Crippen LogP) is 5.37. The molecule has 0 aliphatic carbocycles. The Bertz CT molecular complexity index is 1220. The molecule has 29 heavy (non-hydrogen) atoms. The number of aromatic nitrogens is 2. The topological polar surface area (TPSA) is 100 Å².